The van der Waals surface area contributed by atoms with Crippen LogP contribution in [0.4, 0.5) is 0 Å². The first-order valence-electron chi connectivity index (χ1n) is 5.58. The van der Waals surface area contributed by atoms with Crippen LogP contribution in [0.15, 0.2) is 0 Å². The Balaban J connectivity index is 2.54. The number of hydrogen-bond acceptors (Lipinski definition) is 3. The quantitative estimate of drug-likeness (QED) is 0.685. The first-order chi connectivity index (χ1) is 6.56. The van der Waals surface area contributed by atoms with Gasteiger partial charge in [-0.1, -0.05) is 0 Å². The summed E-state index contributed by atoms with van der Waals surface area (Å²) in [4.78, 5) is 4.91. The van der Waals surface area contributed by atoms with Crippen molar-refractivity contribution in [1.29, 1.82) is 0 Å². The number of hydrogen-bond donors (Lipinski definition) is 0. The molecular formula is C11H24N2O. The van der Waals surface area contributed by atoms with E-state index in [0.717, 1.165) is 19.6 Å². The molecule has 0 N–H and O–H groups in total. The lowest BCUT2D eigenvalue weighted by atomic mass is 10.2. The summed E-state index contributed by atoms with van der Waals surface area (Å²) in [6.07, 6.45) is 0.270. The first kappa shape index (κ1) is 12.0. The summed E-state index contributed by atoms with van der Waals surface area (Å²) in [5, 5.41) is 0. The summed E-state index contributed by atoms with van der Waals surface area (Å²) < 4.78 is 5.53. The van der Waals surface area contributed by atoms with Gasteiger partial charge in [0.05, 0.1) is 0 Å². The Bertz CT molecular complexity index is 171. The fourth-order valence-corrected chi connectivity index (χ4v) is 2.05. The van der Waals surface area contributed by atoms with Gasteiger partial charge in [-0.3, -0.25) is 9.80 Å². The van der Waals surface area contributed by atoms with Gasteiger partial charge < -0.3 is 4.74 Å². The first-order valence-corrected chi connectivity index (χ1v) is 5.58. The normalized spacial score (nSPS) is 26.4. The van der Waals surface area contributed by atoms with Crippen LogP contribution in [0.1, 0.15) is 27.7 Å². The van der Waals surface area contributed by atoms with Crippen molar-refractivity contribution in [3.8, 4) is 0 Å². The molecule has 1 aliphatic heterocycles. The maximum atomic E-state index is 5.53. The molecular weight excluding hydrogens is 176 g/mol. The lowest BCUT2D eigenvalue weighted by Gasteiger charge is -2.44. The van der Waals surface area contributed by atoms with Gasteiger partial charge in [-0.25, -0.2) is 0 Å². The Morgan fingerprint density at radius 3 is 2.14 bits per heavy atom. The minimum absolute atomic E-state index is 0.270. The van der Waals surface area contributed by atoms with Gasteiger partial charge >= 0.3 is 0 Å². The van der Waals surface area contributed by atoms with E-state index in [1.807, 2.05) is 7.11 Å². The third kappa shape index (κ3) is 2.69. The summed E-state index contributed by atoms with van der Waals surface area (Å²) in [7, 11) is 1.81. The van der Waals surface area contributed by atoms with Crippen LogP contribution in [0.3, 0.4) is 0 Å². The molecule has 0 bridgehead atoms. The van der Waals surface area contributed by atoms with Gasteiger partial charge in [-0.05, 0) is 27.7 Å². The lowest BCUT2D eigenvalue weighted by molar-refractivity contribution is -0.100. The highest BCUT2D eigenvalue weighted by Gasteiger charge is 2.29. The highest BCUT2D eigenvalue weighted by molar-refractivity contribution is 4.80. The zero-order valence-electron chi connectivity index (χ0n) is 10.2. The van der Waals surface area contributed by atoms with Crippen molar-refractivity contribution in [3.63, 3.8) is 0 Å². The van der Waals surface area contributed by atoms with E-state index in [9.17, 15) is 0 Å². The molecule has 84 valence electrons. The van der Waals surface area contributed by atoms with E-state index < -0.39 is 0 Å². The van der Waals surface area contributed by atoms with Crippen molar-refractivity contribution < 1.29 is 4.74 Å². The van der Waals surface area contributed by atoms with Gasteiger partial charge in [0.25, 0.3) is 0 Å². The van der Waals surface area contributed by atoms with Crippen LogP contribution < -0.4 is 0 Å². The van der Waals surface area contributed by atoms with Crippen molar-refractivity contribution in [2.75, 3.05) is 26.7 Å². The van der Waals surface area contributed by atoms with Crippen molar-refractivity contribution in [3.05, 3.63) is 0 Å². The summed E-state index contributed by atoms with van der Waals surface area (Å²) in [6, 6.07) is 1.20. The molecule has 0 amide bonds. The number of piperazine rings is 1. The number of rotatable bonds is 3. The van der Waals surface area contributed by atoms with Crippen LogP contribution in [0.2, 0.25) is 0 Å². The van der Waals surface area contributed by atoms with E-state index in [1.165, 1.54) is 0 Å². The molecule has 0 aliphatic carbocycles. The Kier molecular flexibility index (Phi) is 4.35. The highest BCUT2D eigenvalue weighted by Crippen LogP contribution is 2.15. The van der Waals surface area contributed by atoms with Crippen LogP contribution in [0.5, 0.6) is 0 Å². The molecule has 1 unspecified atom stereocenters. The van der Waals surface area contributed by atoms with E-state index >= 15 is 0 Å². The minimum Gasteiger partial charge on any atom is -0.365 e. The molecule has 0 aromatic rings. The van der Waals surface area contributed by atoms with Crippen molar-refractivity contribution >= 4 is 0 Å². The summed E-state index contributed by atoms with van der Waals surface area (Å²) >= 11 is 0. The predicted molar refractivity (Wildman–Crippen MR) is 59.3 cm³/mol. The zero-order chi connectivity index (χ0) is 10.7. The van der Waals surface area contributed by atoms with Gasteiger partial charge in [-0.2, -0.15) is 0 Å². The van der Waals surface area contributed by atoms with Gasteiger partial charge in [0.1, 0.15) is 6.23 Å². The molecule has 0 aromatic carbocycles. The Labute approximate surface area is 88.0 Å². The second-order valence-corrected chi connectivity index (χ2v) is 4.61. The molecule has 0 saturated carbocycles. The smallest absolute Gasteiger partial charge is 0.123 e. The third-order valence-corrected chi connectivity index (χ3v) is 3.07. The second-order valence-electron chi connectivity index (χ2n) is 4.61. The van der Waals surface area contributed by atoms with E-state index in [2.05, 4.69) is 37.5 Å². The summed E-state index contributed by atoms with van der Waals surface area (Å²) in [5.74, 6) is 0. The monoisotopic (exact) mass is 200 g/mol. The van der Waals surface area contributed by atoms with Gasteiger partial charge in [0.15, 0.2) is 0 Å². The Morgan fingerprint density at radius 2 is 1.71 bits per heavy atom. The standard InChI is InChI=1S/C11H24N2O/c1-9(2)12-6-7-13(10(3)4)11(8-12)14-5/h9-11H,6-8H2,1-5H3. The van der Waals surface area contributed by atoms with Crippen molar-refractivity contribution in [2.24, 2.45) is 0 Å². The van der Waals surface area contributed by atoms with Crippen molar-refractivity contribution in [1.82, 2.24) is 9.80 Å². The third-order valence-electron chi connectivity index (χ3n) is 3.07. The van der Waals surface area contributed by atoms with Crippen LogP contribution in [0, 0.1) is 0 Å². The van der Waals surface area contributed by atoms with Crippen LogP contribution in [-0.4, -0.2) is 54.9 Å². The van der Waals surface area contributed by atoms with E-state index in [1.54, 1.807) is 0 Å². The van der Waals surface area contributed by atoms with Gasteiger partial charge in [0.2, 0.25) is 0 Å². The fraction of sp³-hybridized carbons (Fsp3) is 1.00. The minimum atomic E-state index is 0.270. The molecule has 3 nitrogen and oxygen atoms in total. The molecule has 1 aliphatic rings. The molecule has 1 atom stereocenters. The Hall–Kier alpha value is -0.120. The summed E-state index contributed by atoms with van der Waals surface area (Å²) in [6.45, 7) is 12.3. The van der Waals surface area contributed by atoms with Crippen molar-refractivity contribution in [2.45, 2.75) is 46.0 Å². The molecule has 1 heterocycles. The van der Waals surface area contributed by atoms with E-state index in [0.29, 0.717) is 12.1 Å². The second kappa shape index (κ2) is 5.10. The highest BCUT2D eigenvalue weighted by atomic mass is 16.5. The van der Waals surface area contributed by atoms with Crippen LogP contribution in [0.25, 0.3) is 0 Å². The SMILES string of the molecule is COC1CN(C(C)C)CCN1C(C)C. The number of methoxy groups -OCH3 is 1. The zero-order valence-corrected chi connectivity index (χ0v) is 10.2. The summed E-state index contributed by atoms with van der Waals surface area (Å²) in [5.41, 5.74) is 0. The lowest BCUT2D eigenvalue weighted by Crippen LogP contribution is -2.57. The van der Waals surface area contributed by atoms with E-state index in [4.69, 9.17) is 4.74 Å². The van der Waals surface area contributed by atoms with Crippen LogP contribution >= 0.6 is 0 Å². The molecule has 3 heteroatoms. The topological polar surface area (TPSA) is 15.7 Å². The maximum Gasteiger partial charge on any atom is 0.123 e. The molecule has 0 spiro atoms. The Morgan fingerprint density at radius 1 is 1.07 bits per heavy atom. The molecule has 14 heavy (non-hydrogen) atoms. The van der Waals surface area contributed by atoms with E-state index in [-0.39, 0.29) is 6.23 Å². The molecule has 0 radical (unpaired) electrons. The average Bonchev–Trinajstić information content (AvgIpc) is 2.16. The number of ether oxygens (including phenoxy) is 1. The van der Waals surface area contributed by atoms with Gasteiger partial charge in [0, 0.05) is 38.8 Å². The molecule has 1 rings (SSSR count). The fourth-order valence-electron chi connectivity index (χ4n) is 2.05. The molecule has 1 fully saturated rings. The number of nitrogens with zero attached hydrogens (tertiary/aromatic N) is 2. The van der Waals surface area contributed by atoms with Crippen LogP contribution in [-0.2, 0) is 4.74 Å². The molecule has 1 saturated heterocycles. The predicted octanol–water partition coefficient (Wildman–Crippen LogP) is 1.39. The molecule has 0 aromatic heterocycles. The van der Waals surface area contributed by atoms with Gasteiger partial charge in [-0.15, -0.1) is 0 Å². The maximum absolute atomic E-state index is 5.53. The average molecular weight is 200 g/mol. The largest absolute Gasteiger partial charge is 0.365 e.